The van der Waals surface area contributed by atoms with E-state index in [0.29, 0.717) is 34.4 Å². The Labute approximate surface area is 218 Å². The van der Waals surface area contributed by atoms with E-state index in [0.717, 1.165) is 22.2 Å². The number of ether oxygens (including phenoxy) is 2. The summed E-state index contributed by atoms with van der Waals surface area (Å²) in [5, 5.41) is 11.7. The van der Waals surface area contributed by atoms with Gasteiger partial charge in [-0.1, -0.05) is 48.6 Å². The highest BCUT2D eigenvalue weighted by atomic mass is 32.1. The number of hydrogen-bond acceptors (Lipinski definition) is 7. The highest BCUT2D eigenvalue weighted by Gasteiger charge is 2.48. The van der Waals surface area contributed by atoms with Crippen LogP contribution >= 0.6 is 11.3 Å². The summed E-state index contributed by atoms with van der Waals surface area (Å²) in [7, 11) is 1.52. The number of ketones is 1. The standard InChI is InChI=1S/C29H26N2O5S/c1-4-14-36-20-11-9-18(10-12-20)25-24(26(32)19-6-5-7-21(16-19)35-3)27(33)28(34)31(25)29-30-22-13-8-17(2)15-23(22)37-29/h5-13,15-16,25,32H,4,14H2,1-3H3/b26-24+. The molecule has 1 fully saturated rings. The Morgan fingerprint density at radius 3 is 2.57 bits per heavy atom. The van der Waals surface area contributed by atoms with Crippen LogP contribution in [0.25, 0.3) is 16.0 Å². The number of nitrogens with zero attached hydrogens (tertiary/aromatic N) is 2. The normalized spacial score (nSPS) is 16.9. The number of aliphatic hydroxyl groups excluding tert-OH is 1. The van der Waals surface area contributed by atoms with Crippen LogP contribution in [0.15, 0.2) is 72.3 Å². The molecule has 7 nitrogen and oxygen atoms in total. The highest BCUT2D eigenvalue weighted by Crippen LogP contribution is 2.44. The van der Waals surface area contributed by atoms with Crippen molar-refractivity contribution >= 4 is 44.1 Å². The van der Waals surface area contributed by atoms with E-state index in [-0.39, 0.29) is 11.3 Å². The van der Waals surface area contributed by atoms with Gasteiger partial charge in [0.2, 0.25) is 0 Å². The number of fused-ring (bicyclic) bond motifs is 1. The summed E-state index contributed by atoms with van der Waals surface area (Å²) < 4.78 is 11.9. The van der Waals surface area contributed by atoms with Gasteiger partial charge in [0, 0.05) is 5.56 Å². The van der Waals surface area contributed by atoms with E-state index in [9.17, 15) is 14.7 Å². The second-order valence-corrected chi connectivity index (χ2v) is 9.80. The molecule has 4 aromatic rings. The van der Waals surface area contributed by atoms with E-state index in [1.54, 1.807) is 36.4 Å². The fraction of sp³-hybridized carbons (Fsp3) is 0.207. The van der Waals surface area contributed by atoms with Gasteiger partial charge in [0.15, 0.2) is 5.13 Å². The van der Waals surface area contributed by atoms with E-state index in [1.165, 1.54) is 23.3 Å². The van der Waals surface area contributed by atoms with Crippen LogP contribution in [0.5, 0.6) is 11.5 Å². The molecule has 0 spiro atoms. The Morgan fingerprint density at radius 2 is 1.84 bits per heavy atom. The number of amides is 1. The predicted octanol–water partition coefficient (Wildman–Crippen LogP) is 6.03. The molecule has 3 aromatic carbocycles. The Hall–Kier alpha value is -4.17. The molecule has 0 aliphatic carbocycles. The minimum Gasteiger partial charge on any atom is -0.507 e. The number of rotatable bonds is 7. The lowest BCUT2D eigenvalue weighted by Gasteiger charge is -2.23. The summed E-state index contributed by atoms with van der Waals surface area (Å²) in [6.45, 7) is 4.60. The molecule has 0 saturated carbocycles. The molecule has 1 saturated heterocycles. The van der Waals surface area contributed by atoms with E-state index < -0.39 is 17.7 Å². The van der Waals surface area contributed by atoms with Gasteiger partial charge < -0.3 is 14.6 Å². The number of aromatic nitrogens is 1. The monoisotopic (exact) mass is 514 g/mol. The zero-order chi connectivity index (χ0) is 26.1. The number of aliphatic hydroxyl groups is 1. The number of anilines is 1. The van der Waals surface area contributed by atoms with Crippen molar-refractivity contribution in [1.29, 1.82) is 0 Å². The van der Waals surface area contributed by atoms with Gasteiger partial charge in [0.25, 0.3) is 5.78 Å². The number of carbonyl (C=O) groups is 2. The molecule has 8 heteroatoms. The molecule has 5 rings (SSSR count). The average molecular weight is 515 g/mol. The minimum absolute atomic E-state index is 0.00378. The molecule has 37 heavy (non-hydrogen) atoms. The fourth-order valence-electron chi connectivity index (χ4n) is 4.36. The summed E-state index contributed by atoms with van der Waals surface area (Å²) >= 11 is 1.34. The molecule has 1 N–H and O–H groups in total. The number of aryl methyl sites for hydroxylation is 1. The van der Waals surface area contributed by atoms with Crippen molar-refractivity contribution < 1.29 is 24.2 Å². The number of Topliss-reactive ketones (excluding diaryl/α,β-unsaturated/α-hetero) is 1. The van der Waals surface area contributed by atoms with Crippen molar-refractivity contribution in [3.8, 4) is 11.5 Å². The van der Waals surface area contributed by atoms with Crippen LogP contribution in [0, 0.1) is 6.92 Å². The highest BCUT2D eigenvalue weighted by molar-refractivity contribution is 7.22. The molecule has 188 valence electrons. The zero-order valence-corrected chi connectivity index (χ0v) is 21.5. The van der Waals surface area contributed by atoms with Gasteiger partial charge in [-0.05, 0) is 60.9 Å². The lowest BCUT2D eigenvalue weighted by Crippen LogP contribution is -2.29. The molecule has 0 radical (unpaired) electrons. The Kier molecular flexibility index (Phi) is 6.67. The number of carbonyl (C=O) groups excluding carboxylic acids is 2. The molecule has 1 aromatic heterocycles. The van der Waals surface area contributed by atoms with E-state index in [4.69, 9.17) is 9.47 Å². The average Bonchev–Trinajstić information content (AvgIpc) is 3.44. The van der Waals surface area contributed by atoms with Crippen molar-refractivity contribution in [3.05, 3.63) is 89.0 Å². The largest absolute Gasteiger partial charge is 0.507 e. The van der Waals surface area contributed by atoms with Crippen LogP contribution in [-0.4, -0.2) is 35.5 Å². The third kappa shape index (κ3) is 4.56. The van der Waals surface area contributed by atoms with E-state index >= 15 is 0 Å². The van der Waals surface area contributed by atoms with E-state index in [2.05, 4.69) is 4.98 Å². The number of thiazole rings is 1. The lowest BCUT2D eigenvalue weighted by molar-refractivity contribution is -0.132. The van der Waals surface area contributed by atoms with Gasteiger partial charge in [0.1, 0.15) is 17.3 Å². The van der Waals surface area contributed by atoms with Gasteiger partial charge in [-0.2, -0.15) is 0 Å². The van der Waals surface area contributed by atoms with Crippen LogP contribution in [0.2, 0.25) is 0 Å². The molecule has 1 atom stereocenters. The molecule has 1 amide bonds. The molecule has 1 aliphatic rings. The zero-order valence-electron chi connectivity index (χ0n) is 20.7. The molecular weight excluding hydrogens is 488 g/mol. The lowest BCUT2D eigenvalue weighted by atomic mass is 9.95. The van der Waals surface area contributed by atoms with Crippen molar-refractivity contribution in [2.75, 3.05) is 18.6 Å². The van der Waals surface area contributed by atoms with E-state index in [1.807, 2.05) is 44.2 Å². The van der Waals surface area contributed by atoms with Gasteiger partial charge >= 0.3 is 5.91 Å². The molecule has 0 bridgehead atoms. The Balaban J connectivity index is 1.68. The summed E-state index contributed by atoms with van der Waals surface area (Å²) in [5.41, 5.74) is 2.84. The molecule has 2 heterocycles. The predicted molar refractivity (Wildman–Crippen MR) is 144 cm³/mol. The Bertz CT molecular complexity index is 1520. The molecular formula is C29H26N2O5S. The van der Waals surface area contributed by atoms with Crippen LogP contribution in [0.3, 0.4) is 0 Å². The Morgan fingerprint density at radius 1 is 1.05 bits per heavy atom. The van der Waals surface area contributed by atoms with Gasteiger partial charge in [-0.25, -0.2) is 4.98 Å². The van der Waals surface area contributed by atoms with Crippen LogP contribution in [0.1, 0.15) is 36.1 Å². The van der Waals surface area contributed by atoms with Crippen LogP contribution in [0.4, 0.5) is 5.13 Å². The van der Waals surface area contributed by atoms with Crippen LogP contribution < -0.4 is 14.4 Å². The second kappa shape index (κ2) is 10.1. The van der Waals surface area contributed by atoms with Crippen molar-refractivity contribution in [2.24, 2.45) is 0 Å². The van der Waals surface area contributed by atoms with Crippen LogP contribution in [-0.2, 0) is 9.59 Å². The number of benzene rings is 3. The fourth-order valence-corrected chi connectivity index (χ4v) is 5.45. The smallest absolute Gasteiger partial charge is 0.301 e. The second-order valence-electron chi connectivity index (χ2n) is 8.79. The third-order valence-electron chi connectivity index (χ3n) is 6.20. The van der Waals surface area contributed by atoms with Crippen molar-refractivity contribution in [2.45, 2.75) is 26.3 Å². The number of methoxy groups -OCH3 is 1. The SMILES string of the molecule is CCCOc1ccc(C2/C(=C(\O)c3cccc(OC)c3)C(=O)C(=O)N2c2nc3ccc(C)cc3s2)cc1. The minimum atomic E-state index is -0.868. The summed E-state index contributed by atoms with van der Waals surface area (Å²) in [6, 6.07) is 19.0. The maximum absolute atomic E-state index is 13.5. The number of hydrogen-bond donors (Lipinski definition) is 1. The van der Waals surface area contributed by atoms with Gasteiger partial charge in [-0.3, -0.25) is 14.5 Å². The first-order chi connectivity index (χ1) is 17.9. The first kappa shape index (κ1) is 24.5. The third-order valence-corrected chi connectivity index (χ3v) is 7.21. The quantitative estimate of drug-likeness (QED) is 0.184. The summed E-state index contributed by atoms with van der Waals surface area (Å²) in [4.78, 5) is 32.9. The first-order valence-corrected chi connectivity index (χ1v) is 12.8. The van der Waals surface area contributed by atoms with Gasteiger partial charge in [0.05, 0.1) is 35.5 Å². The first-order valence-electron chi connectivity index (χ1n) is 12.0. The van der Waals surface area contributed by atoms with Gasteiger partial charge in [-0.15, -0.1) is 0 Å². The summed E-state index contributed by atoms with van der Waals surface area (Å²) in [6.07, 6.45) is 0.875. The topological polar surface area (TPSA) is 89.0 Å². The molecule has 1 unspecified atom stereocenters. The maximum Gasteiger partial charge on any atom is 0.301 e. The van der Waals surface area contributed by atoms with Crippen molar-refractivity contribution in [1.82, 2.24) is 4.98 Å². The van der Waals surface area contributed by atoms with Crippen molar-refractivity contribution in [3.63, 3.8) is 0 Å². The molecule has 1 aliphatic heterocycles. The summed E-state index contributed by atoms with van der Waals surface area (Å²) in [5.74, 6) is -0.573. The maximum atomic E-state index is 13.5.